The molecule has 0 heterocycles. The third-order valence-electron chi connectivity index (χ3n) is 3.50. The number of anilines is 1. The van der Waals surface area contributed by atoms with Crippen molar-refractivity contribution in [3.05, 3.63) is 29.3 Å². The van der Waals surface area contributed by atoms with Crippen LogP contribution in [0.4, 0.5) is 5.69 Å². The van der Waals surface area contributed by atoms with E-state index in [-0.39, 0.29) is 5.91 Å². The molecule has 1 aromatic rings. The highest BCUT2D eigenvalue weighted by Crippen LogP contribution is 2.13. The van der Waals surface area contributed by atoms with Crippen molar-refractivity contribution in [1.82, 2.24) is 5.32 Å². The molecule has 1 amide bonds. The Morgan fingerprint density at radius 1 is 1.20 bits per heavy atom. The van der Waals surface area contributed by atoms with E-state index in [1.165, 1.54) is 25.7 Å². The average molecular weight is 276 g/mol. The lowest BCUT2D eigenvalue weighted by Gasteiger charge is -2.09. The minimum atomic E-state index is -0.0167. The highest BCUT2D eigenvalue weighted by atomic mass is 16.1. The van der Waals surface area contributed by atoms with Crippen molar-refractivity contribution in [2.24, 2.45) is 5.92 Å². The van der Waals surface area contributed by atoms with Crippen molar-refractivity contribution in [2.75, 3.05) is 12.3 Å². The zero-order valence-electron chi connectivity index (χ0n) is 13.0. The Morgan fingerprint density at radius 2 is 1.90 bits per heavy atom. The van der Waals surface area contributed by atoms with Crippen LogP contribution in [0, 0.1) is 12.8 Å². The lowest BCUT2D eigenvalue weighted by molar-refractivity contribution is 0.0952. The van der Waals surface area contributed by atoms with Crippen LogP contribution in [0.5, 0.6) is 0 Å². The van der Waals surface area contributed by atoms with Gasteiger partial charge in [0.2, 0.25) is 0 Å². The van der Waals surface area contributed by atoms with Gasteiger partial charge in [0.1, 0.15) is 0 Å². The van der Waals surface area contributed by atoms with Crippen LogP contribution in [0.1, 0.15) is 61.9 Å². The van der Waals surface area contributed by atoms with E-state index in [0.717, 1.165) is 24.4 Å². The van der Waals surface area contributed by atoms with Gasteiger partial charge < -0.3 is 11.1 Å². The molecule has 0 unspecified atom stereocenters. The number of nitrogens with two attached hydrogens (primary N) is 1. The molecule has 0 aromatic heterocycles. The summed E-state index contributed by atoms with van der Waals surface area (Å²) < 4.78 is 0. The Labute approximate surface area is 122 Å². The van der Waals surface area contributed by atoms with Gasteiger partial charge >= 0.3 is 0 Å². The van der Waals surface area contributed by atoms with Gasteiger partial charge in [-0.05, 0) is 37.0 Å². The maximum atomic E-state index is 12.0. The van der Waals surface area contributed by atoms with Gasteiger partial charge in [0.15, 0.2) is 0 Å². The van der Waals surface area contributed by atoms with Gasteiger partial charge in [-0.1, -0.05) is 45.6 Å². The van der Waals surface area contributed by atoms with Crippen molar-refractivity contribution < 1.29 is 4.79 Å². The third kappa shape index (κ3) is 6.09. The van der Waals surface area contributed by atoms with Gasteiger partial charge in [-0.3, -0.25) is 4.79 Å². The van der Waals surface area contributed by atoms with E-state index in [0.29, 0.717) is 11.3 Å². The standard InChI is InChI=1S/C17H28N2O/c1-13(2)8-6-4-5-7-11-19-17(20)16-12-15(18)10-9-14(16)3/h9-10,12-13H,4-8,11,18H2,1-3H3,(H,19,20). The van der Waals surface area contributed by atoms with Gasteiger partial charge in [-0.15, -0.1) is 0 Å². The number of unbranched alkanes of at least 4 members (excludes halogenated alkanes) is 3. The largest absolute Gasteiger partial charge is 0.399 e. The lowest BCUT2D eigenvalue weighted by atomic mass is 10.0. The zero-order valence-corrected chi connectivity index (χ0v) is 13.0. The number of carbonyl (C=O) groups is 1. The molecule has 3 N–H and O–H groups in total. The third-order valence-corrected chi connectivity index (χ3v) is 3.50. The summed E-state index contributed by atoms with van der Waals surface area (Å²) in [6, 6.07) is 5.45. The van der Waals surface area contributed by atoms with Crippen LogP contribution in [-0.4, -0.2) is 12.5 Å². The Bertz CT molecular complexity index is 427. The van der Waals surface area contributed by atoms with Crippen molar-refractivity contribution in [3.8, 4) is 0 Å². The summed E-state index contributed by atoms with van der Waals surface area (Å²) in [5.74, 6) is 0.776. The zero-order chi connectivity index (χ0) is 15.0. The summed E-state index contributed by atoms with van der Waals surface area (Å²) in [6.07, 6.45) is 6.08. The van der Waals surface area contributed by atoms with Gasteiger partial charge in [0.05, 0.1) is 0 Å². The molecule has 1 rings (SSSR count). The quantitative estimate of drug-likeness (QED) is 0.558. The molecule has 0 radical (unpaired) electrons. The smallest absolute Gasteiger partial charge is 0.251 e. The summed E-state index contributed by atoms with van der Waals surface area (Å²) >= 11 is 0. The molecule has 3 heteroatoms. The first-order valence-electron chi connectivity index (χ1n) is 7.65. The monoisotopic (exact) mass is 276 g/mol. The van der Waals surface area contributed by atoms with Crippen LogP contribution in [-0.2, 0) is 0 Å². The van der Waals surface area contributed by atoms with E-state index in [2.05, 4.69) is 19.2 Å². The van der Waals surface area contributed by atoms with E-state index >= 15 is 0 Å². The molecule has 0 saturated heterocycles. The lowest BCUT2D eigenvalue weighted by Crippen LogP contribution is -2.25. The molecule has 112 valence electrons. The molecule has 20 heavy (non-hydrogen) atoms. The van der Waals surface area contributed by atoms with Crippen LogP contribution in [0.3, 0.4) is 0 Å². The first-order valence-corrected chi connectivity index (χ1v) is 7.65. The predicted molar refractivity (Wildman–Crippen MR) is 85.8 cm³/mol. The molecule has 0 atom stereocenters. The second kappa shape index (κ2) is 8.62. The Hall–Kier alpha value is -1.51. The molecule has 1 aromatic carbocycles. The summed E-state index contributed by atoms with van der Waals surface area (Å²) in [5, 5.41) is 2.97. The Kier molecular flexibility index (Phi) is 7.13. The number of hydrogen-bond acceptors (Lipinski definition) is 2. The number of nitrogens with one attached hydrogen (secondary N) is 1. The summed E-state index contributed by atoms with van der Waals surface area (Å²) in [4.78, 5) is 12.0. The van der Waals surface area contributed by atoms with E-state index in [1.807, 2.05) is 19.1 Å². The minimum Gasteiger partial charge on any atom is -0.399 e. The maximum absolute atomic E-state index is 12.0. The normalized spacial score (nSPS) is 10.8. The molecule has 0 saturated carbocycles. The number of amides is 1. The van der Waals surface area contributed by atoms with Gasteiger partial charge in [-0.2, -0.15) is 0 Å². The van der Waals surface area contributed by atoms with E-state index in [4.69, 9.17) is 5.73 Å². The number of aryl methyl sites for hydroxylation is 1. The fraction of sp³-hybridized carbons (Fsp3) is 0.588. The minimum absolute atomic E-state index is 0.0167. The van der Waals surface area contributed by atoms with Crippen LogP contribution in [0.2, 0.25) is 0 Å². The van der Waals surface area contributed by atoms with Crippen molar-refractivity contribution in [2.45, 2.75) is 52.9 Å². The first kappa shape index (κ1) is 16.5. The van der Waals surface area contributed by atoms with Gasteiger partial charge in [0.25, 0.3) is 5.91 Å². The highest BCUT2D eigenvalue weighted by molar-refractivity contribution is 5.96. The van der Waals surface area contributed by atoms with E-state index < -0.39 is 0 Å². The molecule has 0 aliphatic rings. The molecule has 0 fully saturated rings. The van der Waals surface area contributed by atoms with Gasteiger partial charge in [0, 0.05) is 17.8 Å². The maximum Gasteiger partial charge on any atom is 0.251 e. The molecule has 0 aliphatic carbocycles. The number of carbonyl (C=O) groups excluding carboxylic acids is 1. The molecular weight excluding hydrogens is 248 g/mol. The molecule has 0 aliphatic heterocycles. The van der Waals surface area contributed by atoms with Crippen LogP contribution in [0.25, 0.3) is 0 Å². The molecule has 0 bridgehead atoms. The van der Waals surface area contributed by atoms with E-state index in [9.17, 15) is 4.79 Å². The SMILES string of the molecule is Cc1ccc(N)cc1C(=O)NCCCCCCC(C)C. The fourth-order valence-electron chi connectivity index (χ4n) is 2.21. The number of rotatable bonds is 8. The van der Waals surface area contributed by atoms with Crippen LogP contribution < -0.4 is 11.1 Å². The van der Waals surface area contributed by atoms with Crippen molar-refractivity contribution in [3.63, 3.8) is 0 Å². The second-order valence-corrected chi connectivity index (χ2v) is 5.93. The average Bonchev–Trinajstić information content (AvgIpc) is 2.39. The number of hydrogen-bond donors (Lipinski definition) is 2. The van der Waals surface area contributed by atoms with Gasteiger partial charge in [-0.25, -0.2) is 0 Å². The topological polar surface area (TPSA) is 55.1 Å². The van der Waals surface area contributed by atoms with E-state index in [1.54, 1.807) is 6.07 Å². The van der Waals surface area contributed by atoms with Crippen LogP contribution in [0.15, 0.2) is 18.2 Å². The number of nitrogen functional groups attached to an aromatic ring is 1. The predicted octanol–water partition coefficient (Wildman–Crippen LogP) is 3.91. The van der Waals surface area contributed by atoms with Crippen molar-refractivity contribution in [1.29, 1.82) is 0 Å². The molecule has 0 spiro atoms. The van der Waals surface area contributed by atoms with Crippen molar-refractivity contribution >= 4 is 11.6 Å². The summed E-state index contributed by atoms with van der Waals surface area (Å²) in [6.45, 7) is 7.19. The second-order valence-electron chi connectivity index (χ2n) is 5.93. The Morgan fingerprint density at radius 3 is 2.60 bits per heavy atom. The number of benzene rings is 1. The highest BCUT2D eigenvalue weighted by Gasteiger charge is 2.08. The summed E-state index contributed by atoms with van der Waals surface area (Å²) in [5.41, 5.74) is 8.00. The molecule has 3 nitrogen and oxygen atoms in total. The van der Waals surface area contributed by atoms with Crippen LogP contribution >= 0.6 is 0 Å². The summed E-state index contributed by atoms with van der Waals surface area (Å²) in [7, 11) is 0. The Balaban J connectivity index is 2.22. The fourth-order valence-corrected chi connectivity index (χ4v) is 2.21. The first-order chi connectivity index (χ1) is 9.50. The molecular formula is C17H28N2O.